The molecule has 2 aromatic carbocycles. The third kappa shape index (κ3) is 4.59. The number of amides is 3. The van der Waals surface area contributed by atoms with Crippen LogP contribution in [0.1, 0.15) is 55.8 Å². The molecule has 1 spiro atoms. The van der Waals surface area contributed by atoms with Gasteiger partial charge >= 0.3 is 6.03 Å². The van der Waals surface area contributed by atoms with Gasteiger partial charge in [0.1, 0.15) is 5.75 Å². The lowest BCUT2D eigenvalue weighted by molar-refractivity contribution is -0.132. The number of carbonyl (C=O) groups is 2. The van der Waals surface area contributed by atoms with Crippen LogP contribution in [0.25, 0.3) is 0 Å². The number of carbonyl (C=O) groups excluding carboxylic acids is 2. The van der Waals surface area contributed by atoms with Crippen molar-refractivity contribution < 1.29 is 14.3 Å². The van der Waals surface area contributed by atoms with Crippen LogP contribution >= 0.6 is 0 Å². The number of hydrogen-bond donors (Lipinski definition) is 2. The molecular weight excluding hydrogens is 402 g/mol. The molecule has 2 aliphatic rings. The van der Waals surface area contributed by atoms with E-state index >= 15 is 0 Å². The summed E-state index contributed by atoms with van der Waals surface area (Å²) in [6.07, 6.45) is 3.14. The van der Waals surface area contributed by atoms with E-state index in [-0.39, 0.29) is 29.4 Å². The summed E-state index contributed by atoms with van der Waals surface area (Å²) >= 11 is 0. The van der Waals surface area contributed by atoms with Crippen molar-refractivity contribution in [2.45, 2.75) is 57.0 Å². The molecule has 1 saturated heterocycles. The highest BCUT2D eigenvalue weighted by atomic mass is 16.5. The Hall–Kier alpha value is -3.02. The molecule has 0 saturated carbocycles. The smallest absolute Gasteiger partial charge is 0.315 e. The number of ether oxygens (including phenoxy) is 1. The number of hydrogen-bond acceptors (Lipinski definition) is 3. The van der Waals surface area contributed by atoms with Crippen LogP contribution in [0, 0.1) is 0 Å². The first-order valence-corrected chi connectivity index (χ1v) is 11.5. The molecule has 32 heavy (non-hydrogen) atoms. The first kappa shape index (κ1) is 22.2. The van der Waals surface area contributed by atoms with Crippen molar-refractivity contribution in [2.75, 3.05) is 20.2 Å². The number of urea groups is 1. The Morgan fingerprint density at radius 2 is 1.78 bits per heavy atom. The second-order valence-electron chi connectivity index (χ2n) is 9.30. The lowest BCUT2D eigenvalue weighted by Crippen LogP contribution is -2.45. The third-order valence-corrected chi connectivity index (χ3v) is 6.82. The maximum absolute atomic E-state index is 12.9. The number of likely N-dealkylation sites (tertiary alicyclic amines) is 1. The van der Waals surface area contributed by atoms with Crippen LogP contribution in [0.5, 0.6) is 5.75 Å². The minimum absolute atomic E-state index is 0.00602. The number of nitrogens with one attached hydrogen (secondary N) is 2. The molecule has 1 heterocycles. The number of fused-ring (bicyclic) bond motifs is 2. The highest BCUT2D eigenvalue weighted by Gasteiger charge is 2.46. The zero-order valence-corrected chi connectivity index (χ0v) is 19.2. The molecule has 1 unspecified atom stereocenters. The van der Waals surface area contributed by atoms with Gasteiger partial charge in [-0.1, -0.05) is 36.4 Å². The van der Waals surface area contributed by atoms with Crippen molar-refractivity contribution >= 4 is 11.9 Å². The Balaban J connectivity index is 1.41. The van der Waals surface area contributed by atoms with Crippen molar-refractivity contribution in [2.24, 2.45) is 0 Å². The van der Waals surface area contributed by atoms with Gasteiger partial charge in [-0.05, 0) is 61.9 Å². The molecule has 1 aliphatic heterocycles. The fraction of sp³-hybridized carbons (Fsp3) is 0.462. The third-order valence-electron chi connectivity index (χ3n) is 6.82. The summed E-state index contributed by atoms with van der Waals surface area (Å²) in [4.78, 5) is 27.3. The Morgan fingerprint density at radius 1 is 1.09 bits per heavy atom. The molecule has 3 amide bonds. The summed E-state index contributed by atoms with van der Waals surface area (Å²) in [5.74, 6) is 0.966. The molecule has 6 nitrogen and oxygen atoms in total. The van der Waals surface area contributed by atoms with Gasteiger partial charge in [-0.15, -0.1) is 0 Å². The lowest BCUT2D eigenvalue weighted by Gasteiger charge is -2.40. The van der Waals surface area contributed by atoms with Gasteiger partial charge in [-0.3, -0.25) is 4.79 Å². The zero-order valence-electron chi connectivity index (χ0n) is 19.2. The summed E-state index contributed by atoms with van der Waals surface area (Å²) < 4.78 is 5.20. The molecule has 4 rings (SSSR count). The van der Waals surface area contributed by atoms with Crippen LogP contribution in [0.15, 0.2) is 48.5 Å². The topological polar surface area (TPSA) is 70.7 Å². The first-order valence-electron chi connectivity index (χ1n) is 11.5. The van der Waals surface area contributed by atoms with Crippen LogP contribution in [0.4, 0.5) is 4.79 Å². The van der Waals surface area contributed by atoms with E-state index in [9.17, 15) is 9.59 Å². The van der Waals surface area contributed by atoms with Crippen molar-refractivity contribution in [3.05, 3.63) is 65.2 Å². The second-order valence-corrected chi connectivity index (χ2v) is 9.30. The Morgan fingerprint density at radius 3 is 2.44 bits per heavy atom. The standard InChI is InChI=1S/C26H33N3O3/c1-18(2)27-25(31)28-23-17-26(22-7-5-4-6-21(22)23)12-14-29(15-13-26)24(30)16-19-8-10-20(32-3)11-9-19/h4-11,18,23H,12-17H2,1-3H3,(H2,27,28,31). The van der Waals surface area contributed by atoms with Gasteiger partial charge in [0.05, 0.1) is 19.6 Å². The van der Waals surface area contributed by atoms with Gasteiger partial charge in [0.25, 0.3) is 0 Å². The number of methoxy groups -OCH3 is 1. The summed E-state index contributed by atoms with van der Waals surface area (Å²) in [5, 5.41) is 6.11. The van der Waals surface area contributed by atoms with Gasteiger partial charge in [-0.25, -0.2) is 4.79 Å². The Bertz CT molecular complexity index is 963. The Kier molecular flexibility index (Phi) is 6.40. The normalized spacial score (nSPS) is 19.0. The van der Waals surface area contributed by atoms with Crippen molar-refractivity contribution in [3.8, 4) is 5.75 Å². The second kappa shape index (κ2) is 9.23. The summed E-state index contributed by atoms with van der Waals surface area (Å²) in [7, 11) is 1.64. The van der Waals surface area contributed by atoms with Gasteiger partial charge in [-0.2, -0.15) is 0 Å². The Labute approximate surface area is 190 Å². The van der Waals surface area contributed by atoms with E-state index in [0.717, 1.165) is 43.7 Å². The summed E-state index contributed by atoms with van der Waals surface area (Å²) in [5.41, 5.74) is 3.56. The molecule has 170 valence electrons. The van der Waals surface area contributed by atoms with Crippen LogP contribution < -0.4 is 15.4 Å². The van der Waals surface area contributed by atoms with Crippen molar-refractivity contribution in [1.29, 1.82) is 0 Å². The number of nitrogens with zero attached hydrogens (tertiary/aromatic N) is 1. The van der Waals surface area contributed by atoms with E-state index in [0.29, 0.717) is 6.42 Å². The quantitative estimate of drug-likeness (QED) is 0.747. The van der Waals surface area contributed by atoms with E-state index < -0.39 is 0 Å². The summed E-state index contributed by atoms with van der Waals surface area (Å²) in [6, 6.07) is 16.1. The van der Waals surface area contributed by atoms with E-state index in [4.69, 9.17) is 4.74 Å². The molecule has 0 aromatic heterocycles. The average molecular weight is 436 g/mol. The van der Waals surface area contributed by atoms with Crippen LogP contribution in [-0.2, 0) is 16.6 Å². The zero-order chi connectivity index (χ0) is 22.7. The van der Waals surface area contributed by atoms with Crippen LogP contribution in [0.3, 0.4) is 0 Å². The molecule has 1 aliphatic carbocycles. The maximum Gasteiger partial charge on any atom is 0.315 e. The first-order chi connectivity index (χ1) is 15.4. The largest absolute Gasteiger partial charge is 0.497 e. The molecule has 0 radical (unpaired) electrons. The minimum Gasteiger partial charge on any atom is -0.497 e. The molecule has 0 bridgehead atoms. The molecule has 6 heteroatoms. The molecule has 2 N–H and O–H groups in total. The maximum atomic E-state index is 12.9. The minimum atomic E-state index is -0.121. The average Bonchev–Trinajstić information content (AvgIpc) is 3.07. The molecule has 1 atom stereocenters. The fourth-order valence-corrected chi connectivity index (χ4v) is 5.17. The van der Waals surface area contributed by atoms with E-state index in [1.165, 1.54) is 11.1 Å². The number of rotatable bonds is 5. The van der Waals surface area contributed by atoms with Gasteiger partial charge in [0, 0.05) is 24.5 Å². The monoisotopic (exact) mass is 435 g/mol. The van der Waals surface area contributed by atoms with Gasteiger partial charge < -0.3 is 20.3 Å². The fourth-order valence-electron chi connectivity index (χ4n) is 5.17. The predicted molar refractivity (Wildman–Crippen MR) is 125 cm³/mol. The van der Waals surface area contributed by atoms with Crippen LogP contribution in [0.2, 0.25) is 0 Å². The molecular formula is C26H33N3O3. The summed E-state index contributed by atoms with van der Waals surface area (Å²) in [6.45, 7) is 5.41. The molecule has 1 fully saturated rings. The van der Waals surface area contributed by atoms with E-state index in [2.05, 4.69) is 28.8 Å². The van der Waals surface area contributed by atoms with E-state index in [1.807, 2.05) is 49.1 Å². The van der Waals surface area contributed by atoms with Gasteiger partial charge in [0.15, 0.2) is 0 Å². The molecule has 2 aromatic rings. The van der Waals surface area contributed by atoms with Gasteiger partial charge in [0.2, 0.25) is 5.91 Å². The SMILES string of the molecule is COc1ccc(CC(=O)N2CCC3(CC2)CC(NC(=O)NC(C)C)c2ccccc23)cc1. The predicted octanol–water partition coefficient (Wildman–Crippen LogP) is 3.95. The van der Waals surface area contributed by atoms with Crippen molar-refractivity contribution in [1.82, 2.24) is 15.5 Å². The van der Waals surface area contributed by atoms with Crippen molar-refractivity contribution in [3.63, 3.8) is 0 Å². The lowest BCUT2D eigenvalue weighted by atomic mass is 9.73. The van der Waals surface area contributed by atoms with Crippen LogP contribution in [-0.4, -0.2) is 43.1 Å². The van der Waals surface area contributed by atoms with E-state index in [1.54, 1.807) is 7.11 Å². The highest BCUT2D eigenvalue weighted by Crippen LogP contribution is 2.50. The number of piperidine rings is 1. The highest BCUT2D eigenvalue weighted by molar-refractivity contribution is 5.79. The number of benzene rings is 2.